The molecular weight excluding hydrogens is 422 g/mol. The van der Waals surface area contributed by atoms with E-state index in [-0.39, 0.29) is 0 Å². The molecule has 1 nitrogen and oxygen atoms in total. The van der Waals surface area contributed by atoms with Crippen LogP contribution in [0.15, 0.2) is 133 Å². The van der Waals surface area contributed by atoms with Gasteiger partial charge in [0.15, 0.2) is 0 Å². The first kappa shape index (κ1) is 19.8. The van der Waals surface area contributed by atoms with Gasteiger partial charge in [0.1, 0.15) is 0 Å². The van der Waals surface area contributed by atoms with Gasteiger partial charge in [-0.15, -0.1) is 0 Å². The molecule has 7 rings (SSSR count). The molecule has 0 spiro atoms. The van der Waals surface area contributed by atoms with Crippen molar-refractivity contribution in [3.63, 3.8) is 0 Å². The van der Waals surface area contributed by atoms with E-state index >= 15 is 0 Å². The summed E-state index contributed by atoms with van der Waals surface area (Å²) >= 11 is 0. The Bertz CT molecular complexity index is 1730. The van der Waals surface area contributed by atoms with E-state index in [9.17, 15) is 0 Å². The van der Waals surface area contributed by atoms with Crippen LogP contribution in [-0.2, 0) is 0 Å². The van der Waals surface area contributed by atoms with Gasteiger partial charge in [-0.2, -0.15) is 0 Å². The van der Waals surface area contributed by atoms with Gasteiger partial charge in [-0.3, -0.25) is 0 Å². The fraction of sp³-hybridized carbons (Fsp3) is 0. The number of anilines is 3. The number of para-hydroxylation sites is 2. The fourth-order valence-corrected chi connectivity index (χ4v) is 5.38. The standard InChI is InChI=1S/C34H22N/c1-4-10-24(11-5-1)29-20-16-25-18-22-31-32(23-19-26-17-21-30(29)33(25)34(26)31)35(27-12-6-2-7-13-27)28-14-8-3-9-15-28/h2-23H. The molecule has 0 N–H and O–H groups in total. The predicted octanol–water partition coefficient (Wildman–Crippen LogP) is 9.52. The van der Waals surface area contributed by atoms with Crippen LogP contribution in [0.3, 0.4) is 0 Å². The SMILES string of the molecule is [c]1ccc(-c2ccc3ccc4c(N(c5ccccc5)c5ccccc5)ccc5ccc2c3c54)cc1. The molecular formula is C34H22N. The summed E-state index contributed by atoms with van der Waals surface area (Å²) < 4.78 is 0. The average molecular weight is 445 g/mol. The van der Waals surface area contributed by atoms with Crippen LogP contribution in [0.25, 0.3) is 43.4 Å². The van der Waals surface area contributed by atoms with E-state index in [1.54, 1.807) is 0 Å². The molecule has 35 heavy (non-hydrogen) atoms. The molecule has 0 aromatic heterocycles. The summed E-state index contributed by atoms with van der Waals surface area (Å²) in [5.41, 5.74) is 5.96. The lowest BCUT2D eigenvalue weighted by molar-refractivity contribution is 1.30. The topological polar surface area (TPSA) is 3.24 Å². The van der Waals surface area contributed by atoms with Crippen LogP contribution < -0.4 is 4.90 Å². The Morgan fingerprint density at radius 1 is 0.457 bits per heavy atom. The molecule has 7 aromatic rings. The van der Waals surface area contributed by atoms with Gasteiger partial charge in [-0.25, -0.2) is 0 Å². The van der Waals surface area contributed by atoms with Crippen LogP contribution >= 0.6 is 0 Å². The number of rotatable bonds is 4. The van der Waals surface area contributed by atoms with Crippen LogP contribution in [0.1, 0.15) is 0 Å². The molecule has 0 unspecified atom stereocenters. The minimum Gasteiger partial charge on any atom is -0.310 e. The third-order valence-electron chi connectivity index (χ3n) is 6.94. The number of nitrogens with zero attached hydrogens (tertiary/aromatic N) is 1. The Labute approximate surface area is 204 Å². The largest absolute Gasteiger partial charge is 0.310 e. The molecule has 0 saturated heterocycles. The molecule has 7 aromatic carbocycles. The summed E-state index contributed by atoms with van der Waals surface area (Å²) in [6.07, 6.45) is 0. The highest BCUT2D eigenvalue weighted by Gasteiger charge is 2.18. The fourth-order valence-electron chi connectivity index (χ4n) is 5.38. The predicted molar refractivity (Wildman–Crippen MR) is 149 cm³/mol. The van der Waals surface area contributed by atoms with Gasteiger partial charge in [0.2, 0.25) is 0 Å². The molecule has 0 aliphatic rings. The van der Waals surface area contributed by atoms with E-state index in [2.05, 4.69) is 132 Å². The monoisotopic (exact) mass is 444 g/mol. The molecule has 0 bridgehead atoms. The van der Waals surface area contributed by atoms with E-state index in [4.69, 9.17) is 0 Å². The Morgan fingerprint density at radius 3 is 1.66 bits per heavy atom. The lowest BCUT2D eigenvalue weighted by Crippen LogP contribution is -2.10. The van der Waals surface area contributed by atoms with Crippen LogP contribution in [0.4, 0.5) is 17.1 Å². The molecule has 1 radical (unpaired) electrons. The van der Waals surface area contributed by atoms with Gasteiger partial charge in [0, 0.05) is 16.8 Å². The normalized spacial score (nSPS) is 11.4. The average Bonchev–Trinajstić information content (AvgIpc) is 2.94. The number of hydrogen-bond donors (Lipinski definition) is 0. The van der Waals surface area contributed by atoms with Crippen molar-refractivity contribution in [2.45, 2.75) is 0 Å². The van der Waals surface area contributed by atoms with Crippen molar-refractivity contribution in [2.75, 3.05) is 4.90 Å². The van der Waals surface area contributed by atoms with Gasteiger partial charge in [0.05, 0.1) is 5.69 Å². The maximum atomic E-state index is 3.15. The van der Waals surface area contributed by atoms with Crippen molar-refractivity contribution in [3.8, 4) is 11.1 Å². The van der Waals surface area contributed by atoms with Gasteiger partial charge in [-0.05, 0) is 74.5 Å². The highest BCUT2D eigenvalue weighted by molar-refractivity contribution is 6.27. The molecule has 0 amide bonds. The van der Waals surface area contributed by atoms with Crippen LogP contribution in [0.5, 0.6) is 0 Å². The first-order valence-electron chi connectivity index (χ1n) is 12.0. The number of hydrogen-bond acceptors (Lipinski definition) is 1. The van der Waals surface area contributed by atoms with Crippen LogP contribution in [0, 0.1) is 6.07 Å². The van der Waals surface area contributed by atoms with Crippen molar-refractivity contribution in [1.82, 2.24) is 0 Å². The summed E-state index contributed by atoms with van der Waals surface area (Å²) in [6.45, 7) is 0. The van der Waals surface area contributed by atoms with E-state index in [0.717, 1.165) is 11.4 Å². The van der Waals surface area contributed by atoms with Gasteiger partial charge in [-0.1, -0.05) is 103 Å². The Balaban J connectivity index is 1.56. The van der Waals surface area contributed by atoms with Crippen molar-refractivity contribution >= 4 is 49.4 Å². The Kier molecular flexibility index (Phi) is 4.53. The first-order chi connectivity index (χ1) is 17.4. The second-order valence-electron chi connectivity index (χ2n) is 8.92. The van der Waals surface area contributed by atoms with Crippen LogP contribution in [-0.4, -0.2) is 0 Å². The molecule has 0 aliphatic carbocycles. The molecule has 0 fully saturated rings. The molecule has 0 aliphatic heterocycles. The second-order valence-corrected chi connectivity index (χ2v) is 8.92. The molecule has 0 heterocycles. The zero-order valence-corrected chi connectivity index (χ0v) is 19.1. The highest BCUT2D eigenvalue weighted by atomic mass is 15.1. The number of benzene rings is 7. The summed E-state index contributed by atoms with van der Waals surface area (Å²) in [4.78, 5) is 2.36. The maximum absolute atomic E-state index is 3.15. The summed E-state index contributed by atoms with van der Waals surface area (Å²) in [6, 6.07) is 50.8. The second kappa shape index (κ2) is 8.00. The zero-order valence-electron chi connectivity index (χ0n) is 19.1. The van der Waals surface area contributed by atoms with Crippen molar-refractivity contribution in [3.05, 3.63) is 140 Å². The van der Waals surface area contributed by atoms with Crippen molar-refractivity contribution < 1.29 is 0 Å². The summed E-state index contributed by atoms with van der Waals surface area (Å²) in [5, 5.41) is 7.72. The minimum atomic E-state index is 1.15. The highest BCUT2D eigenvalue weighted by Crippen LogP contribution is 2.45. The quantitative estimate of drug-likeness (QED) is 0.244. The molecule has 163 valence electrons. The lowest BCUT2D eigenvalue weighted by Gasteiger charge is -2.27. The van der Waals surface area contributed by atoms with Crippen molar-refractivity contribution in [2.24, 2.45) is 0 Å². The van der Waals surface area contributed by atoms with E-state index in [1.807, 2.05) is 12.1 Å². The van der Waals surface area contributed by atoms with Gasteiger partial charge in [0.25, 0.3) is 0 Å². The molecule has 0 atom stereocenters. The van der Waals surface area contributed by atoms with Gasteiger partial charge >= 0.3 is 0 Å². The zero-order chi connectivity index (χ0) is 23.2. The molecule has 1 heteroatoms. The van der Waals surface area contributed by atoms with E-state index < -0.39 is 0 Å². The Morgan fingerprint density at radius 2 is 1.00 bits per heavy atom. The van der Waals surface area contributed by atoms with Gasteiger partial charge < -0.3 is 4.90 Å². The smallest absolute Gasteiger partial charge is 0.0540 e. The Hall–Kier alpha value is -4.62. The summed E-state index contributed by atoms with van der Waals surface area (Å²) in [5.74, 6) is 0. The third kappa shape index (κ3) is 3.17. The van der Waals surface area contributed by atoms with Crippen LogP contribution in [0.2, 0.25) is 0 Å². The van der Waals surface area contributed by atoms with Crippen molar-refractivity contribution in [1.29, 1.82) is 0 Å². The third-order valence-corrected chi connectivity index (χ3v) is 6.94. The lowest BCUT2D eigenvalue weighted by atomic mass is 9.89. The van der Waals surface area contributed by atoms with E-state index in [0.29, 0.717) is 0 Å². The van der Waals surface area contributed by atoms with E-state index in [1.165, 1.54) is 49.1 Å². The first-order valence-corrected chi connectivity index (χ1v) is 12.0. The molecule has 0 saturated carbocycles. The summed E-state index contributed by atoms with van der Waals surface area (Å²) in [7, 11) is 0. The minimum absolute atomic E-state index is 1.15. The maximum Gasteiger partial charge on any atom is 0.0540 e.